The Labute approximate surface area is 154 Å². The number of amides is 1. The van der Waals surface area contributed by atoms with Gasteiger partial charge in [-0.2, -0.15) is 0 Å². The summed E-state index contributed by atoms with van der Waals surface area (Å²) in [6, 6.07) is 6.32. The van der Waals surface area contributed by atoms with Crippen LogP contribution in [0, 0.1) is 6.92 Å². The van der Waals surface area contributed by atoms with E-state index in [9.17, 15) is 4.79 Å². The van der Waals surface area contributed by atoms with E-state index < -0.39 is 0 Å². The molecule has 3 rings (SSSR count). The highest BCUT2D eigenvalue weighted by Gasteiger charge is 2.23. The van der Waals surface area contributed by atoms with Crippen LogP contribution in [0.25, 0.3) is 5.69 Å². The van der Waals surface area contributed by atoms with Gasteiger partial charge in [0.1, 0.15) is 0 Å². The molecule has 0 saturated carbocycles. The lowest BCUT2D eigenvalue weighted by Gasteiger charge is -2.29. The van der Waals surface area contributed by atoms with E-state index >= 15 is 0 Å². The van der Waals surface area contributed by atoms with Crippen LogP contribution in [-0.2, 0) is 17.7 Å². The van der Waals surface area contributed by atoms with E-state index in [-0.39, 0.29) is 11.9 Å². The lowest BCUT2D eigenvalue weighted by molar-refractivity contribution is 0.0937. The van der Waals surface area contributed by atoms with Crippen LogP contribution >= 0.6 is 0 Å². The van der Waals surface area contributed by atoms with Crippen molar-refractivity contribution in [3.63, 3.8) is 0 Å². The molecule has 2 aromatic rings. The number of benzene rings is 1. The summed E-state index contributed by atoms with van der Waals surface area (Å²) in [5.41, 5.74) is 4.74. The minimum Gasteiger partial charge on any atom is -0.383 e. The van der Waals surface area contributed by atoms with Crippen LogP contribution in [0.5, 0.6) is 0 Å². The number of nitrogens with zero attached hydrogens (tertiary/aromatic N) is 4. The van der Waals surface area contributed by atoms with Crippen molar-refractivity contribution in [2.75, 3.05) is 26.8 Å². The minimum absolute atomic E-state index is 0.0645. The molecule has 0 fully saturated rings. The number of ether oxygens (including phenoxy) is 1. The summed E-state index contributed by atoms with van der Waals surface area (Å²) >= 11 is 0. The minimum atomic E-state index is -0.181. The van der Waals surface area contributed by atoms with E-state index in [1.807, 2.05) is 26.8 Å². The Kier molecular flexibility index (Phi) is 5.68. The predicted octanol–water partition coefficient (Wildman–Crippen LogP) is 1.72. The molecule has 0 saturated heterocycles. The van der Waals surface area contributed by atoms with Gasteiger partial charge in [-0.15, -0.1) is 5.10 Å². The number of fused-ring (bicyclic) bond motifs is 1. The third-order valence-electron chi connectivity index (χ3n) is 4.69. The Morgan fingerprint density at radius 3 is 2.92 bits per heavy atom. The Morgan fingerprint density at radius 2 is 2.19 bits per heavy atom. The molecule has 0 spiro atoms. The largest absolute Gasteiger partial charge is 0.383 e. The normalized spacial score (nSPS) is 14.5. The van der Waals surface area contributed by atoms with E-state index in [0.29, 0.717) is 5.69 Å². The summed E-state index contributed by atoms with van der Waals surface area (Å²) in [7, 11) is 1.73. The fraction of sp³-hybridized carbons (Fsp3) is 0.526. The third-order valence-corrected chi connectivity index (χ3v) is 4.69. The van der Waals surface area contributed by atoms with E-state index in [0.717, 1.165) is 44.0 Å². The number of hydrogen-bond acceptors (Lipinski definition) is 5. The van der Waals surface area contributed by atoms with Crippen molar-refractivity contribution >= 4 is 5.91 Å². The average molecular weight is 357 g/mol. The maximum absolute atomic E-state index is 12.3. The van der Waals surface area contributed by atoms with Gasteiger partial charge in [-0.3, -0.25) is 9.69 Å². The molecular weight excluding hydrogens is 330 g/mol. The Morgan fingerprint density at radius 1 is 1.38 bits per heavy atom. The number of nitrogens with one attached hydrogen (secondary N) is 1. The number of methoxy groups -OCH3 is 1. The van der Waals surface area contributed by atoms with Crippen molar-refractivity contribution < 1.29 is 9.53 Å². The number of rotatable bonds is 6. The van der Waals surface area contributed by atoms with Gasteiger partial charge in [0.15, 0.2) is 5.69 Å². The highest BCUT2D eigenvalue weighted by Crippen LogP contribution is 2.26. The van der Waals surface area contributed by atoms with Crippen molar-refractivity contribution in [3.8, 4) is 5.69 Å². The molecule has 0 bridgehead atoms. The monoisotopic (exact) mass is 357 g/mol. The lowest BCUT2D eigenvalue weighted by Crippen LogP contribution is -2.33. The topological polar surface area (TPSA) is 72.3 Å². The summed E-state index contributed by atoms with van der Waals surface area (Å²) in [4.78, 5) is 14.7. The van der Waals surface area contributed by atoms with Crippen LogP contribution in [0.15, 0.2) is 18.2 Å². The van der Waals surface area contributed by atoms with Gasteiger partial charge in [0, 0.05) is 32.8 Å². The molecule has 1 aliphatic rings. The molecule has 7 heteroatoms. The molecule has 7 nitrogen and oxygen atoms in total. The summed E-state index contributed by atoms with van der Waals surface area (Å²) in [6.45, 7) is 9.32. The summed E-state index contributed by atoms with van der Waals surface area (Å²) in [5.74, 6) is -0.181. The maximum atomic E-state index is 12.3. The van der Waals surface area contributed by atoms with Crippen LogP contribution in [-0.4, -0.2) is 58.6 Å². The van der Waals surface area contributed by atoms with Gasteiger partial charge in [0.2, 0.25) is 0 Å². The van der Waals surface area contributed by atoms with Crippen molar-refractivity contribution in [1.29, 1.82) is 0 Å². The van der Waals surface area contributed by atoms with Crippen LogP contribution in [0.4, 0.5) is 0 Å². The van der Waals surface area contributed by atoms with E-state index in [2.05, 4.69) is 32.7 Å². The first kappa shape index (κ1) is 18.5. The van der Waals surface area contributed by atoms with Gasteiger partial charge in [0.25, 0.3) is 5.91 Å². The Bertz CT molecular complexity index is 784. The van der Waals surface area contributed by atoms with Gasteiger partial charge in [0.05, 0.1) is 18.0 Å². The van der Waals surface area contributed by atoms with Gasteiger partial charge < -0.3 is 10.1 Å². The molecule has 140 valence electrons. The number of hydrogen-bond donors (Lipinski definition) is 1. The van der Waals surface area contributed by atoms with E-state index in [1.54, 1.807) is 11.8 Å². The highest BCUT2D eigenvalue weighted by atomic mass is 16.5. The van der Waals surface area contributed by atoms with E-state index in [1.165, 1.54) is 11.1 Å². The van der Waals surface area contributed by atoms with Crippen LogP contribution < -0.4 is 5.32 Å². The summed E-state index contributed by atoms with van der Waals surface area (Å²) < 4.78 is 6.98. The fourth-order valence-corrected chi connectivity index (χ4v) is 3.36. The van der Waals surface area contributed by atoms with Gasteiger partial charge in [-0.05, 0) is 44.4 Å². The fourth-order valence-electron chi connectivity index (χ4n) is 3.36. The second-order valence-electron chi connectivity index (χ2n) is 7.00. The van der Waals surface area contributed by atoms with Gasteiger partial charge >= 0.3 is 0 Å². The molecule has 0 radical (unpaired) electrons. The van der Waals surface area contributed by atoms with Gasteiger partial charge in [-0.1, -0.05) is 17.3 Å². The number of carbonyl (C=O) groups excluding carboxylic acids is 1. The van der Waals surface area contributed by atoms with Crippen LogP contribution in [0.3, 0.4) is 0 Å². The summed E-state index contributed by atoms with van der Waals surface area (Å²) in [6.07, 6.45) is 0.946. The Hall–Kier alpha value is -2.25. The number of aromatic nitrogens is 3. The molecule has 1 aromatic heterocycles. The molecule has 0 aliphatic carbocycles. The highest BCUT2D eigenvalue weighted by molar-refractivity contribution is 5.93. The van der Waals surface area contributed by atoms with Gasteiger partial charge in [-0.25, -0.2) is 4.68 Å². The molecule has 2 heterocycles. The molecule has 1 amide bonds. The average Bonchev–Trinajstić information content (AvgIpc) is 3.00. The molecular formula is C19H27N5O2. The van der Waals surface area contributed by atoms with Crippen LogP contribution in [0.2, 0.25) is 0 Å². The molecule has 1 aliphatic heterocycles. The predicted molar refractivity (Wildman–Crippen MR) is 99.6 cm³/mol. The summed E-state index contributed by atoms with van der Waals surface area (Å²) in [5, 5.41) is 11.3. The first-order valence-electron chi connectivity index (χ1n) is 9.07. The lowest BCUT2D eigenvalue weighted by atomic mass is 9.97. The third kappa shape index (κ3) is 3.78. The van der Waals surface area contributed by atoms with Crippen molar-refractivity contribution in [3.05, 3.63) is 40.7 Å². The number of carbonyl (C=O) groups is 1. The molecule has 0 atom stereocenters. The first-order chi connectivity index (χ1) is 12.5. The zero-order valence-electron chi connectivity index (χ0n) is 16.0. The second kappa shape index (κ2) is 7.97. The van der Waals surface area contributed by atoms with Crippen LogP contribution in [0.1, 0.15) is 41.2 Å². The molecule has 1 aromatic carbocycles. The Balaban J connectivity index is 1.88. The molecule has 26 heavy (non-hydrogen) atoms. The van der Waals surface area contributed by atoms with Crippen molar-refractivity contribution in [1.82, 2.24) is 25.2 Å². The maximum Gasteiger partial charge on any atom is 0.273 e. The smallest absolute Gasteiger partial charge is 0.273 e. The van der Waals surface area contributed by atoms with E-state index in [4.69, 9.17) is 4.74 Å². The van der Waals surface area contributed by atoms with Crippen molar-refractivity contribution in [2.24, 2.45) is 0 Å². The zero-order chi connectivity index (χ0) is 18.7. The SMILES string of the molecule is COCCN1CCc2c(cccc2-n2nnc(C(=O)NC(C)C)c2C)C1. The van der Waals surface area contributed by atoms with Crippen molar-refractivity contribution in [2.45, 2.75) is 39.8 Å². The standard InChI is InChI=1S/C19H27N5O2/c1-13(2)20-19(25)18-14(3)24(22-21-18)17-7-5-6-15-12-23(10-11-26-4)9-8-16(15)17/h5-7,13H,8-12H2,1-4H3,(H,20,25). The molecule has 1 N–H and O–H groups in total. The second-order valence-corrected chi connectivity index (χ2v) is 7.00. The zero-order valence-corrected chi connectivity index (χ0v) is 16.0. The first-order valence-corrected chi connectivity index (χ1v) is 9.07. The quantitative estimate of drug-likeness (QED) is 0.852. The molecule has 0 unspecified atom stereocenters.